The summed E-state index contributed by atoms with van der Waals surface area (Å²) in [6.45, 7) is 3.34. The highest BCUT2D eigenvalue weighted by molar-refractivity contribution is 5.95. The van der Waals surface area contributed by atoms with E-state index >= 15 is 0 Å². The highest BCUT2D eigenvalue weighted by atomic mass is 16.7. The van der Waals surface area contributed by atoms with Crippen LogP contribution in [-0.4, -0.2) is 25.1 Å². The van der Waals surface area contributed by atoms with Gasteiger partial charge >= 0.3 is 0 Å². The van der Waals surface area contributed by atoms with Gasteiger partial charge in [0.1, 0.15) is 6.07 Å². The maximum absolute atomic E-state index is 8.41. The minimum absolute atomic E-state index is 0.178. The minimum atomic E-state index is 0.178. The molecule has 0 unspecified atom stereocenters. The monoisotopic (exact) mass is 139 g/mol. The Morgan fingerprint density at radius 3 is 2.80 bits per heavy atom. The highest BCUT2D eigenvalue weighted by Crippen LogP contribution is 1.86. The maximum atomic E-state index is 8.41. The predicted molar refractivity (Wildman–Crippen MR) is 38.0 cm³/mol. The van der Waals surface area contributed by atoms with E-state index in [9.17, 15) is 0 Å². The second-order valence-electron chi connectivity index (χ2n) is 1.43. The van der Waals surface area contributed by atoms with Crippen molar-refractivity contribution in [3.63, 3.8) is 0 Å². The second kappa shape index (κ2) is 4.53. The van der Waals surface area contributed by atoms with E-state index in [0.717, 1.165) is 0 Å². The minimum Gasteiger partial charge on any atom is -0.275 e. The SMILES string of the molecule is C=CN=C(C#N)N(C)OC. The van der Waals surface area contributed by atoms with Gasteiger partial charge in [0, 0.05) is 13.2 Å². The molecule has 0 aliphatic heterocycles. The van der Waals surface area contributed by atoms with Crippen LogP contribution in [0.3, 0.4) is 0 Å². The van der Waals surface area contributed by atoms with Gasteiger partial charge in [0.25, 0.3) is 0 Å². The van der Waals surface area contributed by atoms with Crippen LogP contribution in [0, 0.1) is 11.3 Å². The molecule has 0 radical (unpaired) electrons. The maximum Gasteiger partial charge on any atom is 0.232 e. The summed E-state index contributed by atoms with van der Waals surface area (Å²) in [7, 11) is 3.04. The molecule has 0 aliphatic rings. The molecule has 4 nitrogen and oxygen atoms in total. The third-order valence-electron chi connectivity index (χ3n) is 0.886. The average Bonchev–Trinajstić information content (AvgIpc) is 1.99. The fourth-order valence-corrected chi connectivity index (χ4v) is 0.354. The number of hydrogen-bond acceptors (Lipinski definition) is 3. The van der Waals surface area contributed by atoms with Crippen LogP contribution in [0.2, 0.25) is 0 Å². The van der Waals surface area contributed by atoms with Crippen molar-refractivity contribution in [2.75, 3.05) is 14.2 Å². The molecule has 0 aromatic carbocycles. The lowest BCUT2D eigenvalue weighted by atomic mass is 10.6. The molecule has 4 heteroatoms. The normalized spacial score (nSPS) is 10.3. The molecule has 0 heterocycles. The van der Waals surface area contributed by atoms with Gasteiger partial charge in [-0.3, -0.25) is 4.84 Å². The van der Waals surface area contributed by atoms with Crippen molar-refractivity contribution < 1.29 is 4.84 Å². The highest BCUT2D eigenvalue weighted by Gasteiger charge is 2.00. The van der Waals surface area contributed by atoms with Crippen LogP contribution in [0.5, 0.6) is 0 Å². The number of nitriles is 1. The van der Waals surface area contributed by atoms with Crippen molar-refractivity contribution in [1.82, 2.24) is 5.06 Å². The Morgan fingerprint density at radius 2 is 2.50 bits per heavy atom. The Morgan fingerprint density at radius 1 is 1.90 bits per heavy atom. The molecule has 0 spiro atoms. The Bertz CT molecular complexity index is 180. The zero-order valence-electron chi connectivity index (χ0n) is 6.03. The third-order valence-corrected chi connectivity index (χ3v) is 0.886. The molecule has 0 N–H and O–H groups in total. The fourth-order valence-electron chi connectivity index (χ4n) is 0.354. The smallest absolute Gasteiger partial charge is 0.232 e. The van der Waals surface area contributed by atoms with Crippen LogP contribution < -0.4 is 0 Å². The van der Waals surface area contributed by atoms with Crippen LogP contribution >= 0.6 is 0 Å². The molecule has 54 valence electrons. The first-order valence-corrected chi connectivity index (χ1v) is 2.63. The van der Waals surface area contributed by atoms with Gasteiger partial charge in [-0.2, -0.15) is 5.26 Å². The van der Waals surface area contributed by atoms with Crippen LogP contribution in [0.4, 0.5) is 0 Å². The Balaban J connectivity index is 4.23. The van der Waals surface area contributed by atoms with Gasteiger partial charge in [0.05, 0.1) is 7.11 Å². The third kappa shape index (κ3) is 2.29. The summed E-state index contributed by atoms with van der Waals surface area (Å²) in [6, 6.07) is 1.83. The standard InChI is InChI=1S/C6H9N3O/c1-4-8-6(5-7)9(2)10-3/h4H,1H2,2-3H3. The van der Waals surface area contributed by atoms with Gasteiger partial charge in [-0.1, -0.05) is 6.58 Å². The first-order chi connectivity index (χ1) is 4.76. The lowest BCUT2D eigenvalue weighted by Crippen LogP contribution is -2.23. The number of hydrogen-bond donors (Lipinski definition) is 0. The van der Waals surface area contributed by atoms with Crippen molar-refractivity contribution in [2.45, 2.75) is 0 Å². The van der Waals surface area contributed by atoms with Gasteiger partial charge < -0.3 is 0 Å². The molecule has 0 aliphatic carbocycles. The molecule has 0 saturated heterocycles. The number of rotatable bonds is 2. The topological polar surface area (TPSA) is 48.6 Å². The molecule has 0 rings (SSSR count). The lowest BCUT2D eigenvalue weighted by Gasteiger charge is -2.10. The Labute approximate surface area is 60.0 Å². The van der Waals surface area contributed by atoms with E-state index in [-0.39, 0.29) is 5.84 Å². The summed E-state index contributed by atoms with van der Waals surface area (Å²) in [5.41, 5.74) is 0. The molecule has 0 fully saturated rings. The fraction of sp³-hybridized carbons (Fsp3) is 0.333. The molecule has 0 saturated carbocycles. The zero-order valence-corrected chi connectivity index (χ0v) is 6.03. The number of amidine groups is 1. The van der Waals surface area contributed by atoms with Crippen molar-refractivity contribution in [2.24, 2.45) is 4.99 Å². The number of aliphatic imine (C=N–C) groups is 1. The van der Waals surface area contributed by atoms with Gasteiger partial charge in [-0.05, 0) is 0 Å². The Kier molecular flexibility index (Phi) is 3.92. The van der Waals surface area contributed by atoms with Crippen LogP contribution in [0.25, 0.3) is 0 Å². The van der Waals surface area contributed by atoms with E-state index in [0.29, 0.717) is 0 Å². The lowest BCUT2D eigenvalue weighted by molar-refractivity contribution is -0.0402. The average molecular weight is 139 g/mol. The first-order valence-electron chi connectivity index (χ1n) is 2.63. The van der Waals surface area contributed by atoms with E-state index in [1.165, 1.54) is 18.4 Å². The summed E-state index contributed by atoms with van der Waals surface area (Å²) < 4.78 is 0. The second-order valence-corrected chi connectivity index (χ2v) is 1.43. The summed E-state index contributed by atoms with van der Waals surface area (Å²) >= 11 is 0. The van der Waals surface area contributed by atoms with E-state index in [2.05, 4.69) is 16.4 Å². The summed E-state index contributed by atoms with van der Waals surface area (Å²) in [5.74, 6) is 0.178. The van der Waals surface area contributed by atoms with Crippen LogP contribution in [-0.2, 0) is 4.84 Å². The number of hydroxylamine groups is 2. The van der Waals surface area contributed by atoms with Gasteiger partial charge in [-0.15, -0.1) is 0 Å². The van der Waals surface area contributed by atoms with Crippen molar-refractivity contribution in [3.8, 4) is 6.07 Å². The summed E-state index contributed by atoms with van der Waals surface area (Å²) in [4.78, 5) is 8.32. The molecule has 0 aromatic rings. The Hall–Kier alpha value is -1.34. The van der Waals surface area contributed by atoms with Crippen molar-refractivity contribution in [1.29, 1.82) is 5.26 Å². The van der Waals surface area contributed by atoms with E-state index < -0.39 is 0 Å². The largest absolute Gasteiger partial charge is 0.275 e. The predicted octanol–water partition coefficient (Wildman–Crippen LogP) is 0.545. The van der Waals surface area contributed by atoms with Crippen molar-refractivity contribution in [3.05, 3.63) is 12.8 Å². The quantitative estimate of drug-likeness (QED) is 0.319. The van der Waals surface area contributed by atoms with Crippen molar-refractivity contribution >= 4 is 5.84 Å². The first kappa shape index (κ1) is 8.66. The van der Waals surface area contributed by atoms with E-state index in [1.807, 2.05) is 6.07 Å². The summed E-state index contributed by atoms with van der Waals surface area (Å²) in [5, 5.41) is 9.66. The molecule has 0 aromatic heterocycles. The molecule has 0 amide bonds. The van der Waals surface area contributed by atoms with E-state index in [1.54, 1.807) is 7.05 Å². The molecule has 0 bridgehead atoms. The van der Waals surface area contributed by atoms with Gasteiger partial charge in [0.15, 0.2) is 0 Å². The van der Waals surface area contributed by atoms with Gasteiger partial charge in [-0.25, -0.2) is 10.1 Å². The number of nitrogens with zero attached hydrogens (tertiary/aromatic N) is 3. The van der Waals surface area contributed by atoms with Crippen LogP contribution in [0.15, 0.2) is 17.8 Å². The van der Waals surface area contributed by atoms with E-state index in [4.69, 9.17) is 5.26 Å². The summed E-state index contributed by atoms with van der Waals surface area (Å²) in [6.07, 6.45) is 1.29. The zero-order chi connectivity index (χ0) is 7.98. The van der Waals surface area contributed by atoms with Crippen LogP contribution in [0.1, 0.15) is 0 Å². The molecule has 0 atom stereocenters. The van der Waals surface area contributed by atoms with Gasteiger partial charge in [0.2, 0.25) is 5.84 Å². The molecular weight excluding hydrogens is 130 g/mol. The molecule has 10 heavy (non-hydrogen) atoms. The molecular formula is C6H9N3O.